The SMILES string of the molecule is Cc1ccnc(N2CCC3(CCN(CC4=CCc5ccccc54)C3=O)C2)c1. The van der Waals surface area contributed by atoms with Crippen molar-refractivity contribution < 1.29 is 4.79 Å². The molecule has 1 unspecified atom stereocenters. The van der Waals surface area contributed by atoms with Gasteiger partial charge in [0.1, 0.15) is 5.82 Å². The van der Waals surface area contributed by atoms with Crippen LogP contribution < -0.4 is 4.90 Å². The van der Waals surface area contributed by atoms with E-state index in [0.29, 0.717) is 5.91 Å². The molecule has 0 N–H and O–H groups in total. The van der Waals surface area contributed by atoms with Crippen molar-refractivity contribution in [2.75, 3.05) is 31.1 Å². The first-order valence-corrected chi connectivity index (χ1v) is 9.89. The number of rotatable bonds is 3. The maximum absolute atomic E-state index is 13.3. The third-order valence-corrected chi connectivity index (χ3v) is 6.47. The van der Waals surface area contributed by atoms with Crippen LogP contribution in [0.3, 0.4) is 0 Å². The van der Waals surface area contributed by atoms with Gasteiger partial charge in [-0.05, 0) is 60.6 Å². The van der Waals surface area contributed by atoms with Crippen LogP contribution in [0.15, 0.2) is 48.7 Å². The molecule has 2 aromatic rings. The van der Waals surface area contributed by atoms with Gasteiger partial charge in [-0.2, -0.15) is 0 Å². The molecule has 1 aromatic carbocycles. The van der Waals surface area contributed by atoms with E-state index >= 15 is 0 Å². The molecular weight excluding hydrogens is 334 g/mol. The topological polar surface area (TPSA) is 36.4 Å². The Balaban J connectivity index is 1.31. The number of pyridine rings is 1. The average Bonchev–Trinajstić information content (AvgIpc) is 3.37. The number of benzene rings is 1. The molecule has 5 rings (SSSR count). The summed E-state index contributed by atoms with van der Waals surface area (Å²) >= 11 is 0. The van der Waals surface area contributed by atoms with E-state index in [4.69, 9.17) is 0 Å². The molecule has 3 aliphatic rings. The fourth-order valence-electron chi connectivity index (χ4n) is 4.89. The smallest absolute Gasteiger partial charge is 0.231 e. The first-order chi connectivity index (χ1) is 13.1. The number of amides is 1. The summed E-state index contributed by atoms with van der Waals surface area (Å²) in [4.78, 5) is 22.2. The van der Waals surface area contributed by atoms with Crippen LogP contribution in [-0.4, -0.2) is 42.0 Å². The third kappa shape index (κ3) is 2.75. The number of carbonyl (C=O) groups excluding carboxylic acids is 1. The molecule has 27 heavy (non-hydrogen) atoms. The zero-order chi connectivity index (χ0) is 18.4. The second-order valence-electron chi connectivity index (χ2n) is 8.21. The van der Waals surface area contributed by atoms with Crippen LogP contribution in [-0.2, 0) is 11.2 Å². The standard InChI is InChI=1S/C23H25N3O/c1-17-8-11-24-21(14-17)26-13-10-23(16-26)9-12-25(22(23)27)15-19-7-6-18-4-2-3-5-20(18)19/h2-5,7-8,11,14H,6,9-10,12-13,15-16H2,1H3. The normalized spacial score (nSPS) is 24.0. The van der Waals surface area contributed by atoms with Crippen LogP contribution in [0.4, 0.5) is 5.82 Å². The van der Waals surface area contributed by atoms with Gasteiger partial charge in [0.2, 0.25) is 5.91 Å². The van der Waals surface area contributed by atoms with E-state index < -0.39 is 0 Å². The van der Waals surface area contributed by atoms with Crippen molar-refractivity contribution in [1.29, 1.82) is 0 Å². The van der Waals surface area contributed by atoms with Gasteiger partial charge in [-0.3, -0.25) is 4.79 Å². The molecule has 2 saturated heterocycles. The highest BCUT2D eigenvalue weighted by Crippen LogP contribution is 2.42. The summed E-state index contributed by atoms with van der Waals surface area (Å²) in [6, 6.07) is 12.7. The molecule has 1 aromatic heterocycles. The van der Waals surface area contributed by atoms with E-state index in [9.17, 15) is 4.79 Å². The van der Waals surface area contributed by atoms with Crippen molar-refractivity contribution >= 4 is 17.3 Å². The number of hydrogen-bond donors (Lipinski definition) is 0. The number of aryl methyl sites for hydroxylation is 1. The Kier molecular flexibility index (Phi) is 3.81. The molecule has 1 atom stereocenters. The Morgan fingerprint density at radius 3 is 2.89 bits per heavy atom. The van der Waals surface area contributed by atoms with Gasteiger partial charge in [-0.15, -0.1) is 0 Å². The number of hydrogen-bond acceptors (Lipinski definition) is 3. The van der Waals surface area contributed by atoms with E-state index in [1.807, 2.05) is 12.3 Å². The number of allylic oxidation sites excluding steroid dienone is 1. The fraction of sp³-hybridized carbons (Fsp3) is 0.391. The molecule has 2 aliphatic heterocycles. The molecule has 0 saturated carbocycles. The van der Waals surface area contributed by atoms with E-state index in [-0.39, 0.29) is 5.41 Å². The minimum absolute atomic E-state index is 0.218. The lowest BCUT2D eigenvalue weighted by atomic mass is 9.85. The minimum atomic E-state index is -0.218. The number of aromatic nitrogens is 1. The molecule has 4 heteroatoms. The molecule has 4 nitrogen and oxygen atoms in total. The number of fused-ring (bicyclic) bond motifs is 1. The monoisotopic (exact) mass is 359 g/mol. The summed E-state index contributed by atoms with van der Waals surface area (Å²) in [6.45, 7) is 5.43. The van der Waals surface area contributed by atoms with Crippen LogP contribution in [0.1, 0.15) is 29.5 Å². The first-order valence-electron chi connectivity index (χ1n) is 9.89. The van der Waals surface area contributed by atoms with Crippen molar-refractivity contribution in [3.63, 3.8) is 0 Å². The molecule has 0 radical (unpaired) electrons. The largest absolute Gasteiger partial charge is 0.355 e. The van der Waals surface area contributed by atoms with Gasteiger partial charge in [0.15, 0.2) is 0 Å². The van der Waals surface area contributed by atoms with Gasteiger partial charge in [-0.25, -0.2) is 4.98 Å². The van der Waals surface area contributed by atoms with Crippen molar-refractivity contribution in [3.8, 4) is 0 Å². The predicted molar refractivity (Wildman–Crippen MR) is 108 cm³/mol. The maximum atomic E-state index is 13.3. The molecule has 1 aliphatic carbocycles. The molecule has 1 amide bonds. The number of likely N-dealkylation sites (tertiary alicyclic amines) is 1. The molecular formula is C23H25N3O. The number of carbonyl (C=O) groups is 1. The van der Waals surface area contributed by atoms with Crippen molar-refractivity contribution in [3.05, 3.63) is 65.4 Å². The Bertz CT molecular complexity index is 935. The summed E-state index contributed by atoms with van der Waals surface area (Å²) in [5.74, 6) is 1.34. The van der Waals surface area contributed by atoms with Crippen LogP contribution in [0, 0.1) is 12.3 Å². The Morgan fingerprint density at radius 1 is 1.15 bits per heavy atom. The number of nitrogens with zero attached hydrogens (tertiary/aromatic N) is 3. The zero-order valence-electron chi connectivity index (χ0n) is 15.8. The Morgan fingerprint density at radius 2 is 2.00 bits per heavy atom. The van der Waals surface area contributed by atoms with Crippen LogP contribution in [0.5, 0.6) is 0 Å². The lowest BCUT2D eigenvalue weighted by Gasteiger charge is -2.24. The van der Waals surface area contributed by atoms with Crippen LogP contribution >= 0.6 is 0 Å². The maximum Gasteiger partial charge on any atom is 0.231 e. The van der Waals surface area contributed by atoms with E-state index in [1.54, 1.807) is 0 Å². The van der Waals surface area contributed by atoms with Crippen LogP contribution in [0.25, 0.3) is 5.57 Å². The molecule has 2 fully saturated rings. The van der Waals surface area contributed by atoms with Gasteiger partial charge in [0.05, 0.1) is 5.41 Å². The second kappa shape index (κ2) is 6.22. The summed E-state index contributed by atoms with van der Waals surface area (Å²) < 4.78 is 0. The Hall–Kier alpha value is -2.62. The quantitative estimate of drug-likeness (QED) is 0.842. The first kappa shape index (κ1) is 16.5. The van der Waals surface area contributed by atoms with Crippen LogP contribution in [0.2, 0.25) is 0 Å². The summed E-state index contributed by atoms with van der Waals surface area (Å²) in [6.07, 6.45) is 7.05. The van der Waals surface area contributed by atoms with E-state index in [0.717, 1.165) is 51.3 Å². The predicted octanol–water partition coefficient (Wildman–Crippen LogP) is 3.46. The lowest BCUT2D eigenvalue weighted by molar-refractivity contribution is -0.134. The number of anilines is 1. The van der Waals surface area contributed by atoms with Gasteiger partial charge in [0, 0.05) is 32.4 Å². The molecule has 1 spiro atoms. The van der Waals surface area contributed by atoms with Gasteiger partial charge in [0.25, 0.3) is 0 Å². The van der Waals surface area contributed by atoms with Crippen molar-refractivity contribution in [2.45, 2.75) is 26.2 Å². The highest BCUT2D eigenvalue weighted by atomic mass is 16.2. The molecule has 138 valence electrons. The lowest BCUT2D eigenvalue weighted by Crippen LogP contribution is -2.37. The van der Waals surface area contributed by atoms with E-state index in [2.05, 4.69) is 58.1 Å². The molecule has 0 bridgehead atoms. The highest BCUT2D eigenvalue weighted by Gasteiger charge is 2.51. The highest BCUT2D eigenvalue weighted by molar-refractivity contribution is 5.88. The van der Waals surface area contributed by atoms with Gasteiger partial charge in [-0.1, -0.05) is 30.3 Å². The van der Waals surface area contributed by atoms with Crippen molar-refractivity contribution in [1.82, 2.24) is 9.88 Å². The van der Waals surface area contributed by atoms with E-state index in [1.165, 1.54) is 22.3 Å². The third-order valence-electron chi connectivity index (χ3n) is 6.47. The summed E-state index contributed by atoms with van der Waals surface area (Å²) in [5.41, 5.74) is 5.01. The van der Waals surface area contributed by atoms with Crippen molar-refractivity contribution in [2.24, 2.45) is 5.41 Å². The molecule has 3 heterocycles. The zero-order valence-corrected chi connectivity index (χ0v) is 15.8. The minimum Gasteiger partial charge on any atom is -0.355 e. The van der Waals surface area contributed by atoms with Gasteiger partial charge < -0.3 is 9.80 Å². The Labute approximate surface area is 160 Å². The summed E-state index contributed by atoms with van der Waals surface area (Å²) in [7, 11) is 0. The second-order valence-corrected chi connectivity index (χ2v) is 8.21. The van der Waals surface area contributed by atoms with Gasteiger partial charge >= 0.3 is 0 Å². The summed E-state index contributed by atoms with van der Waals surface area (Å²) in [5, 5.41) is 0. The fourth-order valence-corrected chi connectivity index (χ4v) is 4.89. The average molecular weight is 359 g/mol.